The van der Waals surface area contributed by atoms with E-state index in [9.17, 15) is 0 Å². The van der Waals surface area contributed by atoms with Crippen molar-refractivity contribution in [3.05, 3.63) is 24.3 Å². The number of rotatable bonds is 3. The number of nitrogens with one attached hydrogen (secondary N) is 1. The molecule has 0 amide bonds. The Hall–Kier alpha value is -1.84. The summed E-state index contributed by atoms with van der Waals surface area (Å²) < 4.78 is 6.17. The summed E-state index contributed by atoms with van der Waals surface area (Å²) in [5.74, 6) is 2.15. The SMILES string of the molecule is CNc1nc(OC2CCC(C)CC2)c2ccccc2n1. The van der Waals surface area contributed by atoms with Crippen molar-refractivity contribution in [2.75, 3.05) is 12.4 Å². The molecule has 0 bridgehead atoms. The first-order chi connectivity index (χ1) is 9.76. The van der Waals surface area contributed by atoms with Crippen molar-refractivity contribution in [2.45, 2.75) is 38.7 Å². The first-order valence-corrected chi connectivity index (χ1v) is 7.37. The zero-order valence-electron chi connectivity index (χ0n) is 12.1. The second kappa shape index (κ2) is 5.65. The van der Waals surface area contributed by atoms with E-state index in [1.165, 1.54) is 12.8 Å². The van der Waals surface area contributed by atoms with Crippen molar-refractivity contribution in [2.24, 2.45) is 5.92 Å². The van der Waals surface area contributed by atoms with Crippen LogP contribution in [0.1, 0.15) is 32.6 Å². The van der Waals surface area contributed by atoms with Gasteiger partial charge in [0.15, 0.2) is 0 Å². The number of para-hydroxylation sites is 1. The highest BCUT2D eigenvalue weighted by Crippen LogP contribution is 2.30. The number of aromatic nitrogens is 2. The minimum Gasteiger partial charge on any atom is -0.474 e. The van der Waals surface area contributed by atoms with Crippen LogP contribution in [0, 0.1) is 5.92 Å². The second-order valence-electron chi connectivity index (χ2n) is 5.62. The topological polar surface area (TPSA) is 47.0 Å². The summed E-state index contributed by atoms with van der Waals surface area (Å²) in [4.78, 5) is 8.95. The van der Waals surface area contributed by atoms with E-state index in [1.54, 1.807) is 0 Å². The van der Waals surface area contributed by atoms with Crippen molar-refractivity contribution in [3.63, 3.8) is 0 Å². The van der Waals surface area contributed by atoms with Gasteiger partial charge in [-0.05, 0) is 43.7 Å². The van der Waals surface area contributed by atoms with Crippen LogP contribution in [0.3, 0.4) is 0 Å². The van der Waals surface area contributed by atoms with Crippen LogP contribution in [0.5, 0.6) is 5.88 Å². The summed E-state index contributed by atoms with van der Waals surface area (Å²) in [7, 11) is 1.83. The van der Waals surface area contributed by atoms with Crippen LogP contribution in [0.15, 0.2) is 24.3 Å². The van der Waals surface area contributed by atoms with Gasteiger partial charge in [0.2, 0.25) is 11.8 Å². The quantitative estimate of drug-likeness (QED) is 0.926. The van der Waals surface area contributed by atoms with Gasteiger partial charge in [-0.25, -0.2) is 4.98 Å². The Morgan fingerprint density at radius 3 is 2.60 bits per heavy atom. The van der Waals surface area contributed by atoms with E-state index < -0.39 is 0 Å². The van der Waals surface area contributed by atoms with Gasteiger partial charge >= 0.3 is 0 Å². The number of fused-ring (bicyclic) bond motifs is 1. The molecule has 1 N–H and O–H groups in total. The molecule has 4 heteroatoms. The maximum atomic E-state index is 6.17. The normalized spacial score (nSPS) is 22.7. The molecule has 1 heterocycles. The number of hydrogen-bond donors (Lipinski definition) is 1. The van der Waals surface area contributed by atoms with Gasteiger partial charge in [-0.1, -0.05) is 19.1 Å². The highest BCUT2D eigenvalue weighted by molar-refractivity contribution is 5.84. The Balaban J connectivity index is 1.89. The fraction of sp³-hybridized carbons (Fsp3) is 0.500. The van der Waals surface area contributed by atoms with Crippen LogP contribution in [-0.2, 0) is 0 Å². The van der Waals surface area contributed by atoms with Crippen molar-refractivity contribution >= 4 is 16.9 Å². The summed E-state index contributed by atoms with van der Waals surface area (Å²) >= 11 is 0. The van der Waals surface area contributed by atoms with Crippen molar-refractivity contribution in [1.82, 2.24) is 9.97 Å². The Morgan fingerprint density at radius 2 is 1.85 bits per heavy atom. The summed E-state index contributed by atoms with van der Waals surface area (Å²) in [5.41, 5.74) is 0.922. The van der Waals surface area contributed by atoms with E-state index >= 15 is 0 Å². The number of anilines is 1. The van der Waals surface area contributed by atoms with Crippen LogP contribution >= 0.6 is 0 Å². The van der Waals surface area contributed by atoms with Crippen molar-refractivity contribution in [1.29, 1.82) is 0 Å². The second-order valence-corrected chi connectivity index (χ2v) is 5.62. The van der Waals surface area contributed by atoms with Gasteiger partial charge in [0, 0.05) is 7.05 Å². The largest absolute Gasteiger partial charge is 0.474 e. The zero-order chi connectivity index (χ0) is 13.9. The molecule has 0 atom stereocenters. The van der Waals surface area contributed by atoms with Crippen LogP contribution < -0.4 is 10.1 Å². The third-order valence-corrected chi connectivity index (χ3v) is 4.03. The molecule has 1 aromatic carbocycles. The number of hydrogen-bond acceptors (Lipinski definition) is 4. The minimum atomic E-state index is 0.286. The summed E-state index contributed by atoms with van der Waals surface area (Å²) in [5, 5.41) is 3.99. The molecular weight excluding hydrogens is 250 g/mol. The fourth-order valence-corrected chi connectivity index (χ4v) is 2.75. The van der Waals surface area contributed by atoms with E-state index in [-0.39, 0.29) is 6.10 Å². The lowest BCUT2D eigenvalue weighted by atomic mass is 9.89. The lowest BCUT2D eigenvalue weighted by molar-refractivity contribution is 0.132. The van der Waals surface area contributed by atoms with Crippen molar-refractivity contribution in [3.8, 4) is 5.88 Å². The molecule has 0 aliphatic heterocycles. The van der Waals surface area contributed by atoms with E-state index in [4.69, 9.17) is 4.74 Å². The molecule has 0 unspecified atom stereocenters. The van der Waals surface area contributed by atoms with Gasteiger partial charge in [0.05, 0.1) is 10.9 Å². The lowest BCUT2D eigenvalue weighted by Crippen LogP contribution is -2.23. The molecule has 0 spiro atoms. The number of benzene rings is 1. The Kier molecular flexibility index (Phi) is 3.72. The molecule has 0 saturated heterocycles. The molecule has 1 aromatic heterocycles. The van der Waals surface area contributed by atoms with E-state index in [0.717, 1.165) is 29.7 Å². The van der Waals surface area contributed by atoms with Crippen LogP contribution in [0.2, 0.25) is 0 Å². The van der Waals surface area contributed by atoms with Gasteiger partial charge in [-0.15, -0.1) is 0 Å². The molecule has 4 nitrogen and oxygen atoms in total. The maximum Gasteiger partial charge on any atom is 0.226 e. The third kappa shape index (κ3) is 2.69. The van der Waals surface area contributed by atoms with Gasteiger partial charge < -0.3 is 10.1 Å². The predicted molar refractivity (Wildman–Crippen MR) is 81.1 cm³/mol. The zero-order valence-corrected chi connectivity index (χ0v) is 12.1. The summed E-state index contributed by atoms with van der Waals surface area (Å²) in [6.45, 7) is 2.31. The molecule has 20 heavy (non-hydrogen) atoms. The molecule has 1 fully saturated rings. The molecule has 3 rings (SSSR count). The fourth-order valence-electron chi connectivity index (χ4n) is 2.75. The van der Waals surface area contributed by atoms with Crippen LogP contribution in [0.25, 0.3) is 10.9 Å². The Labute approximate surface area is 119 Å². The van der Waals surface area contributed by atoms with E-state index in [2.05, 4.69) is 22.2 Å². The molecular formula is C16H21N3O. The van der Waals surface area contributed by atoms with Gasteiger partial charge in [-0.3, -0.25) is 0 Å². The highest BCUT2D eigenvalue weighted by Gasteiger charge is 2.21. The summed E-state index contributed by atoms with van der Waals surface area (Å²) in [6.07, 6.45) is 5.01. The molecule has 1 aliphatic rings. The highest BCUT2D eigenvalue weighted by atomic mass is 16.5. The Bertz CT molecular complexity index is 591. The average Bonchev–Trinajstić information content (AvgIpc) is 2.49. The van der Waals surface area contributed by atoms with Crippen LogP contribution in [0.4, 0.5) is 5.95 Å². The average molecular weight is 271 g/mol. The molecule has 106 valence electrons. The first kappa shape index (κ1) is 13.2. The third-order valence-electron chi connectivity index (χ3n) is 4.03. The number of nitrogens with zero attached hydrogens (tertiary/aromatic N) is 2. The Morgan fingerprint density at radius 1 is 1.10 bits per heavy atom. The lowest BCUT2D eigenvalue weighted by Gasteiger charge is -2.26. The smallest absolute Gasteiger partial charge is 0.226 e. The van der Waals surface area contributed by atoms with Crippen LogP contribution in [-0.4, -0.2) is 23.1 Å². The molecule has 1 aliphatic carbocycles. The van der Waals surface area contributed by atoms with Gasteiger partial charge in [-0.2, -0.15) is 4.98 Å². The maximum absolute atomic E-state index is 6.17. The first-order valence-electron chi connectivity index (χ1n) is 7.37. The van der Waals surface area contributed by atoms with E-state index in [1.807, 2.05) is 31.3 Å². The minimum absolute atomic E-state index is 0.286. The molecule has 1 saturated carbocycles. The standard InChI is InChI=1S/C16H21N3O/c1-11-7-9-12(10-8-11)20-15-13-5-3-4-6-14(13)18-16(17-2)19-15/h3-6,11-12H,7-10H2,1-2H3,(H,17,18,19). The van der Waals surface area contributed by atoms with Gasteiger partial charge in [0.1, 0.15) is 6.10 Å². The van der Waals surface area contributed by atoms with Gasteiger partial charge in [0.25, 0.3) is 0 Å². The van der Waals surface area contributed by atoms with Crippen molar-refractivity contribution < 1.29 is 4.74 Å². The molecule has 2 aromatic rings. The molecule has 0 radical (unpaired) electrons. The monoisotopic (exact) mass is 271 g/mol. The predicted octanol–water partition coefficient (Wildman–Crippen LogP) is 3.63. The number of ether oxygens (including phenoxy) is 1. The van der Waals surface area contributed by atoms with E-state index in [0.29, 0.717) is 11.8 Å². The summed E-state index contributed by atoms with van der Waals surface area (Å²) in [6, 6.07) is 8.00.